The Hall–Kier alpha value is -2.09. The van der Waals surface area contributed by atoms with Gasteiger partial charge in [-0.25, -0.2) is 0 Å². The molecule has 1 unspecified atom stereocenters. The second-order valence-electron chi connectivity index (χ2n) is 7.16. The maximum atomic E-state index is 12.8. The van der Waals surface area contributed by atoms with E-state index >= 15 is 0 Å². The summed E-state index contributed by atoms with van der Waals surface area (Å²) in [6.07, 6.45) is 0.224. The van der Waals surface area contributed by atoms with Crippen LogP contribution in [0, 0.1) is 0 Å². The topological polar surface area (TPSA) is 123 Å². The third-order valence-electron chi connectivity index (χ3n) is 4.98. The van der Waals surface area contributed by atoms with Crippen molar-refractivity contribution in [1.82, 2.24) is 10.2 Å². The number of fused-ring (bicyclic) bond motifs is 1. The van der Waals surface area contributed by atoms with E-state index in [1.165, 1.54) is 0 Å². The molecular formula is C21H26IN3O7. The average molecular weight is 559 g/mol. The maximum absolute atomic E-state index is 12.8. The summed E-state index contributed by atoms with van der Waals surface area (Å²) in [6, 6.07) is 3.90. The first-order valence-electron chi connectivity index (χ1n) is 10.4. The minimum absolute atomic E-state index is 0.0913. The molecule has 11 heteroatoms. The van der Waals surface area contributed by atoms with Gasteiger partial charge in [-0.15, -0.1) is 0 Å². The van der Waals surface area contributed by atoms with Gasteiger partial charge in [0.05, 0.1) is 50.8 Å². The number of ether oxygens (including phenoxy) is 3. The molecule has 1 atom stereocenters. The summed E-state index contributed by atoms with van der Waals surface area (Å²) in [5, 5.41) is 5.34. The molecule has 1 fully saturated rings. The highest BCUT2D eigenvalue weighted by atomic mass is 127. The van der Waals surface area contributed by atoms with Gasteiger partial charge in [0.25, 0.3) is 11.8 Å². The van der Waals surface area contributed by atoms with Crippen molar-refractivity contribution >= 4 is 51.9 Å². The summed E-state index contributed by atoms with van der Waals surface area (Å²) in [7, 11) is 0. The number of hydrogen-bond acceptors (Lipinski definition) is 8. The number of imide groups is 2. The van der Waals surface area contributed by atoms with E-state index in [0.29, 0.717) is 45.3 Å². The summed E-state index contributed by atoms with van der Waals surface area (Å²) in [5.41, 5.74) is 1.16. The van der Waals surface area contributed by atoms with Crippen LogP contribution in [0.5, 0.6) is 0 Å². The average Bonchev–Trinajstić information content (AvgIpc) is 3.02. The molecule has 1 aromatic carbocycles. The number of benzene rings is 1. The third kappa shape index (κ3) is 6.24. The normalized spacial score (nSPS) is 18.2. The van der Waals surface area contributed by atoms with Crippen LogP contribution in [0.1, 0.15) is 33.6 Å². The largest absolute Gasteiger partial charge is 0.383 e. The molecule has 2 N–H and O–H groups in total. The fourth-order valence-electron chi connectivity index (χ4n) is 3.44. The molecule has 0 bridgehead atoms. The van der Waals surface area contributed by atoms with Gasteiger partial charge in [0.1, 0.15) is 6.04 Å². The van der Waals surface area contributed by atoms with Crippen molar-refractivity contribution in [3.8, 4) is 0 Å². The zero-order chi connectivity index (χ0) is 22.9. The highest BCUT2D eigenvalue weighted by molar-refractivity contribution is 14.1. The van der Waals surface area contributed by atoms with E-state index in [2.05, 4.69) is 33.2 Å². The van der Waals surface area contributed by atoms with Crippen LogP contribution < -0.4 is 10.6 Å². The van der Waals surface area contributed by atoms with Crippen LogP contribution in [0.4, 0.5) is 5.69 Å². The summed E-state index contributed by atoms with van der Waals surface area (Å²) in [5.74, 6) is -2.07. The lowest BCUT2D eigenvalue weighted by Gasteiger charge is -2.27. The molecule has 0 saturated carbocycles. The third-order valence-corrected chi connectivity index (χ3v) is 5.42. The van der Waals surface area contributed by atoms with Gasteiger partial charge in [-0.2, -0.15) is 0 Å². The number of nitrogens with zero attached hydrogens (tertiary/aromatic N) is 1. The summed E-state index contributed by atoms with van der Waals surface area (Å²) < 4.78 is 17.2. The zero-order valence-electron chi connectivity index (χ0n) is 17.6. The highest BCUT2D eigenvalue weighted by Gasteiger charge is 2.44. The number of anilines is 1. The van der Waals surface area contributed by atoms with Crippen LogP contribution in [0.2, 0.25) is 0 Å². The van der Waals surface area contributed by atoms with E-state index in [9.17, 15) is 19.2 Å². The first-order chi connectivity index (χ1) is 15.5. The lowest BCUT2D eigenvalue weighted by Crippen LogP contribution is -2.54. The molecule has 1 aromatic rings. The van der Waals surface area contributed by atoms with E-state index in [0.717, 1.165) is 15.9 Å². The van der Waals surface area contributed by atoms with E-state index < -0.39 is 29.7 Å². The Kier molecular flexibility index (Phi) is 9.38. The second kappa shape index (κ2) is 12.2. The Bertz CT molecular complexity index is 864. The molecule has 4 amide bonds. The maximum Gasteiger partial charge on any atom is 0.262 e. The van der Waals surface area contributed by atoms with Crippen LogP contribution >= 0.6 is 22.6 Å². The van der Waals surface area contributed by atoms with Gasteiger partial charge in [-0.1, -0.05) is 22.6 Å². The van der Waals surface area contributed by atoms with Gasteiger partial charge in [-0.05, 0) is 24.6 Å². The van der Waals surface area contributed by atoms with Crippen LogP contribution in [-0.4, -0.2) is 85.2 Å². The monoisotopic (exact) mass is 559 g/mol. The van der Waals surface area contributed by atoms with Crippen LogP contribution in [0.25, 0.3) is 0 Å². The van der Waals surface area contributed by atoms with Crippen molar-refractivity contribution in [2.24, 2.45) is 0 Å². The van der Waals surface area contributed by atoms with Crippen molar-refractivity contribution in [2.75, 3.05) is 55.9 Å². The Morgan fingerprint density at radius 3 is 2.28 bits per heavy atom. The Morgan fingerprint density at radius 1 is 0.938 bits per heavy atom. The Morgan fingerprint density at radius 2 is 1.59 bits per heavy atom. The predicted octanol–water partition coefficient (Wildman–Crippen LogP) is 0.985. The molecule has 32 heavy (non-hydrogen) atoms. The fourth-order valence-corrected chi connectivity index (χ4v) is 3.76. The molecular weight excluding hydrogens is 533 g/mol. The molecule has 2 heterocycles. The smallest absolute Gasteiger partial charge is 0.262 e. The quantitative estimate of drug-likeness (QED) is 0.159. The van der Waals surface area contributed by atoms with Crippen molar-refractivity contribution in [1.29, 1.82) is 0 Å². The summed E-state index contributed by atoms with van der Waals surface area (Å²) in [6.45, 7) is 3.74. The van der Waals surface area contributed by atoms with E-state index in [1.54, 1.807) is 18.2 Å². The number of alkyl halides is 1. The van der Waals surface area contributed by atoms with Crippen molar-refractivity contribution in [3.63, 3.8) is 0 Å². The first-order valence-corrected chi connectivity index (χ1v) is 11.9. The SMILES string of the molecule is O=C1CCC(N2C(=O)c3ccc(NCCOCCOCCOCCI)cc3C2=O)C(=O)N1. The van der Waals surface area contributed by atoms with E-state index in [4.69, 9.17) is 14.2 Å². The molecule has 3 rings (SSSR count). The van der Waals surface area contributed by atoms with E-state index in [-0.39, 0.29) is 24.0 Å². The van der Waals surface area contributed by atoms with E-state index in [1.807, 2.05) is 0 Å². The number of halogens is 1. The van der Waals surface area contributed by atoms with Gasteiger partial charge in [0.2, 0.25) is 11.8 Å². The van der Waals surface area contributed by atoms with Gasteiger partial charge < -0.3 is 19.5 Å². The standard InChI is InChI=1S/C21H26IN3O7/c22-5-7-30-9-11-32-12-10-31-8-6-23-14-1-2-15-16(13-14)21(29)25(20(15)28)17-3-4-18(26)24-19(17)27/h1-2,13,17,23H,3-12H2,(H,24,26,27). The number of carbonyl (C=O) groups excluding carboxylic acids is 4. The second-order valence-corrected chi connectivity index (χ2v) is 8.24. The molecule has 1 saturated heterocycles. The number of piperidine rings is 1. The molecule has 2 aliphatic heterocycles. The molecule has 0 spiro atoms. The zero-order valence-corrected chi connectivity index (χ0v) is 19.7. The van der Waals surface area contributed by atoms with Crippen LogP contribution in [-0.2, 0) is 23.8 Å². The number of amides is 4. The minimum Gasteiger partial charge on any atom is -0.383 e. The highest BCUT2D eigenvalue weighted by Crippen LogP contribution is 2.29. The molecule has 10 nitrogen and oxygen atoms in total. The minimum atomic E-state index is -0.968. The summed E-state index contributed by atoms with van der Waals surface area (Å²) >= 11 is 2.25. The van der Waals surface area contributed by atoms with Crippen LogP contribution in [0.3, 0.4) is 0 Å². The molecule has 0 aliphatic carbocycles. The number of carbonyl (C=O) groups is 4. The predicted molar refractivity (Wildman–Crippen MR) is 123 cm³/mol. The Labute approximate surface area is 199 Å². The first kappa shape index (κ1) is 24.6. The van der Waals surface area contributed by atoms with Crippen molar-refractivity contribution < 1.29 is 33.4 Å². The number of nitrogens with one attached hydrogen (secondary N) is 2. The van der Waals surface area contributed by atoms with Gasteiger partial charge in [0.15, 0.2) is 0 Å². The molecule has 2 aliphatic rings. The lowest BCUT2D eigenvalue weighted by molar-refractivity contribution is -0.136. The van der Waals surface area contributed by atoms with Crippen molar-refractivity contribution in [2.45, 2.75) is 18.9 Å². The fraction of sp³-hybridized carbons (Fsp3) is 0.524. The lowest BCUT2D eigenvalue weighted by atomic mass is 10.0. The van der Waals surface area contributed by atoms with Crippen LogP contribution in [0.15, 0.2) is 18.2 Å². The summed E-state index contributed by atoms with van der Waals surface area (Å²) in [4.78, 5) is 49.9. The molecule has 174 valence electrons. The Balaban J connectivity index is 1.42. The number of hydrogen-bond donors (Lipinski definition) is 2. The van der Waals surface area contributed by atoms with Gasteiger partial charge >= 0.3 is 0 Å². The van der Waals surface area contributed by atoms with Gasteiger partial charge in [0, 0.05) is 23.1 Å². The number of rotatable bonds is 13. The van der Waals surface area contributed by atoms with Gasteiger partial charge in [-0.3, -0.25) is 29.4 Å². The van der Waals surface area contributed by atoms with Crippen molar-refractivity contribution in [3.05, 3.63) is 29.3 Å². The molecule has 0 radical (unpaired) electrons. The molecule has 0 aromatic heterocycles.